The third-order valence-electron chi connectivity index (χ3n) is 4.60. The highest BCUT2D eigenvalue weighted by atomic mass is 32.2. The highest BCUT2D eigenvalue weighted by Crippen LogP contribution is 2.51. The Kier molecular flexibility index (Phi) is 4.81. The van der Waals surface area contributed by atoms with Crippen LogP contribution in [-0.2, 0) is 12.0 Å². The summed E-state index contributed by atoms with van der Waals surface area (Å²) in [5.41, 5.74) is 2.58. The first-order valence-corrected chi connectivity index (χ1v) is 9.14. The van der Waals surface area contributed by atoms with E-state index in [1.807, 2.05) is 6.07 Å². The third-order valence-corrected chi connectivity index (χ3v) is 5.74. The molecule has 1 unspecified atom stereocenters. The Hall–Kier alpha value is -1.29. The maximum atomic E-state index is 11.8. The maximum Gasteiger partial charge on any atom is 0.117 e. The number of fused-ring (bicyclic) bond motifs is 2. The number of aliphatic hydroxyl groups is 1. The van der Waals surface area contributed by atoms with E-state index in [9.17, 15) is 5.11 Å². The molecular weight excluding hydrogens is 302 g/mol. The van der Waals surface area contributed by atoms with E-state index in [0.717, 1.165) is 36.9 Å². The van der Waals surface area contributed by atoms with Gasteiger partial charge in [0.25, 0.3) is 0 Å². The molecule has 1 N–H and O–H groups in total. The van der Waals surface area contributed by atoms with E-state index >= 15 is 0 Å². The molecule has 1 heterocycles. The number of rotatable bonds is 5. The fraction of sp³-hybridized carbons (Fsp3) is 0.400. The Morgan fingerprint density at radius 3 is 2.52 bits per heavy atom. The van der Waals surface area contributed by atoms with Crippen molar-refractivity contribution in [2.45, 2.75) is 41.6 Å². The number of benzene rings is 2. The van der Waals surface area contributed by atoms with Crippen LogP contribution in [0.25, 0.3) is 0 Å². The molecule has 23 heavy (non-hydrogen) atoms. The molecule has 3 rings (SSSR count). The normalized spacial score (nSPS) is 19.5. The lowest BCUT2D eigenvalue weighted by molar-refractivity contribution is 0.0591. The van der Waals surface area contributed by atoms with Gasteiger partial charge in [0.2, 0.25) is 0 Å². The van der Waals surface area contributed by atoms with E-state index in [1.54, 1.807) is 11.8 Å². The van der Waals surface area contributed by atoms with Crippen molar-refractivity contribution in [1.29, 1.82) is 0 Å². The average Bonchev–Trinajstić information content (AvgIpc) is 2.54. The molecule has 0 fully saturated rings. The lowest BCUT2D eigenvalue weighted by Crippen LogP contribution is -2.33. The summed E-state index contributed by atoms with van der Waals surface area (Å²) >= 11 is 1.78. The van der Waals surface area contributed by atoms with Crippen LogP contribution in [-0.4, -0.2) is 30.6 Å². The van der Waals surface area contributed by atoms with Crippen LogP contribution in [0.1, 0.15) is 36.5 Å². The van der Waals surface area contributed by atoms with Crippen molar-refractivity contribution in [1.82, 2.24) is 4.90 Å². The van der Waals surface area contributed by atoms with Gasteiger partial charge in [0.05, 0.1) is 0 Å². The molecule has 0 bridgehead atoms. The highest BCUT2D eigenvalue weighted by molar-refractivity contribution is 7.99. The second kappa shape index (κ2) is 6.68. The first kappa shape index (κ1) is 16.6. The highest BCUT2D eigenvalue weighted by Gasteiger charge is 2.40. The van der Waals surface area contributed by atoms with Gasteiger partial charge in [-0.2, -0.15) is 0 Å². The predicted molar refractivity (Wildman–Crippen MR) is 97.2 cm³/mol. The number of hydrogen-bond donors (Lipinski definition) is 1. The second-order valence-electron chi connectivity index (χ2n) is 6.51. The topological polar surface area (TPSA) is 23.5 Å². The summed E-state index contributed by atoms with van der Waals surface area (Å²) in [6.45, 7) is 3.16. The Morgan fingerprint density at radius 1 is 1.04 bits per heavy atom. The monoisotopic (exact) mass is 327 g/mol. The van der Waals surface area contributed by atoms with Crippen molar-refractivity contribution in [2.75, 3.05) is 20.6 Å². The Balaban J connectivity index is 2.09. The zero-order chi connectivity index (χ0) is 16.4. The van der Waals surface area contributed by atoms with Gasteiger partial charge < -0.3 is 10.0 Å². The van der Waals surface area contributed by atoms with Gasteiger partial charge in [-0.3, -0.25) is 0 Å². The van der Waals surface area contributed by atoms with Crippen molar-refractivity contribution >= 4 is 11.8 Å². The van der Waals surface area contributed by atoms with Gasteiger partial charge in [0.15, 0.2) is 0 Å². The second-order valence-corrected chi connectivity index (χ2v) is 7.59. The molecule has 0 saturated carbocycles. The maximum absolute atomic E-state index is 11.8. The number of nitrogens with zero attached hydrogens (tertiary/aromatic N) is 1. The largest absolute Gasteiger partial charge is 0.380 e. The molecule has 2 aromatic carbocycles. The van der Waals surface area contributed by atoms with Crippen LogP contribution in [0.5, 0.6) is 0 Å². The fourth-order valence-corrected chi connectivity index (χ4v) is 4.77. The van der Waals surface area contributed by atoms with Crippen LogP contribution < -0.4 is 0 Å². The summed E-state index contributed by atoms with van der Waals surface area (Å²) < 4.78 is 0. The van der Waals surface area contributed by atoms with E-state index in [1.165, 1.54) is 15.4 Å². The Labute approximate surface area is 143 Å². The zero-order valence-corrected chi connectivity index (χ0v) is 15.0. The molecule has 0 aromatic heterocycles. The summed E-state index contributed by atoms with van der Waals surface area (Å²) in [5, 5.41) is 11.8. The molecule has 0 saturated heterocycles. The van der Waals surface area contributed by atoms with Gasteiger partial charge in [0, 0.05) is 20.9 Å². The smallest absolute Gasteiger partial charge is 0.117 e. The summed E-state index contributed by atoms with van der Waals surface area (Å²) in [7, 11) is 4.17. The lowest BCUT2D eigenvalue weighted by Gasteiger charge is -2.38. The summed E-state index contributed by atoms with van der Waals surface area (Å²) in [6.07, 6.45) is 2.68. The molecule has 3 heteroatoms. The quantitative estimate of drug-likeness (QED) is 0.886. The van der Waals surface area contributed by atoms with Crippen LogP contribution in [0, 0.1) is 0 Å². The van der Waals surface area contributed by atoms with Crippen LogP contribution >= 0.6 is 11.8 Å². The molecule has 1 atom stereocenters. The van der Waals surface area contributed by atoms with Crippen molar-refractivity contribution in [2.24, 2.45) is 0 Å². The summed E-state index contributed by atoms with van der Waals surface area (Å²) in [5.74, 6) is 0. The molecule has 2 nitrogen and oxygen atoms in total. The molecule has 0 aliphatic carbocycles. The van der Waals surface area contributed by atoms with Crippen molar-refractivity contribution < 1.29 is 5.11 Å². The number of hydrogen-bond acceptors (Lipinski definition) is 3. The van der Waals surface area contributed by atoms with Crippen LogP contribution in [0.2, 0.25) is 0 Å². The predicted octanol–water partition coefficient (Wildman–Crippen LogP) is 4.29. The summed E-state index contributed by atoms with van der Waals surface area (Å²) in [4.78, 5) is 4.57. The van der Waals surface area contributed by atoms with Crippen LogP contribution in [0.15, 0.2) is 52.3 Å². The number of aryl methyl sites for hydroxylation is 1. The van der Waals surface area contributed by atoms with Crippen molar-refractivity contribution in [3.63, 3.8) is 0 Å². The molecule has 1 aliphatic rings. The first-order valence-electron chi connectivity index (χ1n) is 8.33. The Bertz CT molecular complexity index is 698. The third kappa shape index (κ3) is 3.06. The van der Waals surface area contributed by atoms with Crippen molar-refractivity contribution in [3.05, 3.63) is 59.2 Å². The standard InChI is InChI=1S/C20H25NOS/c1-4-15-9-7-12-18-19(15)20(22,13-8-14-21(2)3)16-10-5-6-11-17(16)23-18/h5-7,9-12,22H,4,8,13-14H2,1-3H3. The summed E-state index contributed by atoms with van der Waals surface area (Å²) in [6, 6.07) is 14.7. The molecule has 122 valence electrons. The van der Waals surface area contributed by atoms with E-state index in [0.29, 0.717) is 0 Å². The first-order chi connectivity index (χ1) is 11.1. The van der Waals surface area contributed by atoms with E-state index in [-0.39, 0.29) is 0 Å². The minimum atomic E-state index is -0.875. The molecule has 0 amide bonds. The SMILES string of the molecule is CCc1cccc2c1C(O)(CCCN(C)C)c1ccccc1S2. The van der Waals surface area contributed by atoms with Gasteiger partial charge in [-0.15, -0.1) is 0 Å². The Morgan fingerprint density at radius 2 is 1.78 bits per heavy atom. The van der Waals surface area contributed by atoms with Crippen molar-refractivity contribution in [3.8, 4) is 0 Å². The zero-order valence-electron chi connectivity index (χ0n) is 14.2. The van der Waals surface area contributed by atoms with Gasteiger partial charge >= 0.3 is 0 Å². The fourth-order valence-electron chi connectivity index (χ4n) is 3.49. The lowest BCUT2D eigenvalue weighted by atomic mass is 9.79. The average molecular weight is 327 g/mol. The molecular formula is C20H25NOS. The van der Waals surface area contributed by atoms with Gasteiger partial charge in [-0.1, -0.05) is 49.0 Å². The van der Waals surface area contributed by atoms with Gasteiger partial charge in [-0.05, 0) is 57.6 Å². The molecule has 2 aromatic rings. The minimum absolute atomic E-state index is 0.757. The van der Waals surface area contributed by atoms with Crippen LogP contribution in [0.3, 0.4) is 0 Å². The van der Waals surface area contributed by atoms with Gasteiger partial charge in [0.1, 0.15) is 5.60 Å². The molecule has 0 spiro atoms. The molecule has 0 radical (unpaired) electrons. The minimum Gasteiger partial charge on any atom is -0.380 e. The van der Waals surface area contributed by atoms with Crippen LogP contribution in [0.4, 0.5) is 0 Å². The van der Waals surface area contributed by atoms with E-state index in [4.69, 9.17) is 0 Å². The molecule has 1 aliphatic heterocycles. The van der Waals surface area contributed by atoms with E-state index in [2.05, 4.69) is 62.3 Å². The van der Waals surface area contributed by atoms with Gasteiger partial charge in [-0.25, -0.2) is 0 Å². The van der Waals surface area contributed by atoms with E-state index < -0.39 is 5.60 Å².